The molecule has 6 N–H and O–H groups in total. The summed E-state index contributed by atoms with van der Waals surface area (Å²) < 4.78 is 5.78. The molecule has 2 aromatic rings. The second kappa shape index (κ2) is 6.24. The fraction of sp³-hybridized carbons (Fsp3) is 0.316. The number of amides is 1. The molecule has 0 radical (unpaired) electrons. The van der Waals surface area contributed by atoms with Crippen molar-refractivity contribution in [2.75, 3.05) is 0 Å². The molecule has 0 aromatic heterocycles. The van der Waals surface area contributed by atoms with Crippen LogP contribution in [0.2, 0.25) is 0 Å². The molecule has 1 saturated heterocycles. The van der Waals surface area contributed by atoms with Gasteiger partial charge in [-0.15, -0.1) is 0 Å². The second-order valence-electron chi connectivity index (χ2n) is 6.85. The number of carbonyl (C=O) groups excluding carboxylic acids is 1. The zero-order chi connectivity index (χ0) is 19.3. The van der Waals surface area contributed by atoms with Crippen molar-refractivity contribution in [3.8, 4) is 28.7 Å². The van der Waals surface area contributed by atoms with Crippen LogP contribution in [-0.4, -0.2) is 37.5 Å². The molecule has 2 aliphatic heterocycles. The molecule has 8 heteroatoms. The van der Waals surface area contributed by atoms with Crippen molar-refractivity contribution < 1.29 is 35.1 Å². The summed E-state index contributed by atoms with van der Waals surface area (Å²) in [5.74, 6) is -0.985. The van der Waals surface area contributed by atoms with Crippen molar-refractivity contribution in [3.05, 3.63) is 41.0 Å². The van der Waals surface area contributed by atoms with Gasteiger partial charge in [-0.3, -0.25) is 4.79 Å². The van der Waals surface area contributed by atoms with E-state index >= 15 is 0 Å². The van der Waals surface area contributed by atoms with Gasteiger partial charge in [0.15, 0.2) is 11.5 Å². The van der Waals surface area contributed by atoms with Crippen LogP contribution in [0.4, 0.5) is 0 Å². The topological polar surface area (TPSA) is 139 Å². The molecule has 4 rings (SSSR count). The minimum absolute atomic E-state index is 0.0570. The van der Waals surface area contributed by atoms with E-state index in [-0.39, 0.29) is 46.6 Å². The third-order valence-electron chi connectivity index (χ3n) is 5.07. The van der Waals surface area contributed by atoms with Crippen molar-refractivity contribution >= 4 is 5.91 Å². The van der Waals surface area contributed by atoms with Gasteiger partial charge in [-0.05, 0) is 24.1 Å². The van der Waals surface area contributed by atoms with Crippen LogP contribution in [0.5, 0.6) is 28.7 Å². The Morgan fingerprint density at radius 1 is 1.04 bits per heavy atom. The fourth-order valence-corrected chi connectivity index (χ4v) is 3.71. The van der Waals surface area contributed by atoms with Gasteiger partial charge in [-0.25, -0.2) is 0 Å². The van der Waals surface area contributed by atoms with Crippen LogP contribution in [0.3, 0.4) is 0 Å². The lowest BCUT2D eigenvalue weighted by Crippen LogP contribution is -2.30. The van der Waals surface area contributed by atoms with Crippen LogP contribution in [0.1, 0.15) is 41.7 Å². The third kappa shape index (κ3) is 2.87. The minimum atomic E-state index is -1.03. The number of carbonyl (C=O) groups is 1. The average Bonchev–Trinajstić information content (AvgIpc) is 3.04. The first kappa shape index (κ1) is 17.3. The molecule has 2 aliphatic rings. The highest BCUT2D eigenvalue weighted by molar-refractivity contribution is 5.79. The monoisotopic (exact) mass is 373 g/mol. The molecule has 1 fully saturated rings. The molecular formula is C19H19NO7. The summed E-state index contributed by atoms with van der Waals surface area (Å²) in [5.41, 5.74) is 1.00. The molecule has 0 aliphatic carbocycles. The summed E-state index contributed by atoms with van der Waals surface area (Å²) in [6.45, 7) is 0. The Kier molecular flexibility index (Phi) is 4.00. The van der Waals surface area contributed by atoms with Gasteiger partial charge in [0.2, 0.25) is 5.91 Å². The summed E-state index contributed by atoms with van der Waals surface area (Å²) in [5, 5.41) is 53.3. The highest BCUT2D eigenvalue weighted by Crippen LogP contribution is 2.48. The summed E-state index contributed by atoms with van der Waals surface area (Å²) >= 11 is 0. The molecule has 27 heavy (non-hydrogen) atoms. The van der Waals surface area contributed by atoms with Crippen LogP contribution < -0.4 is 10.1 Å². The van der Waals surface area contributed by atoms with Gasteiger partial charge in [0.25, 0.3) is 0 Å². The third-order valence-corrected chi connectivity index (χ3v) is 5.07. The number of nitrogens with one attached hydrogen (secondary N) is 1. The van der Waals surface area contributed by atoms with E-state index in [0.29, 0.717) is 24.0 Å². The van der Waals surface area contributed by atoms with E-state index in [4.69, 9.17) is 4.74 Å². The molecule has 3 atom stereocenters. The fourth-order valence-electron chi connectivity index (χ4n) is 3.71. The molecule has 0 spiro atoms. The number of phenolic OH excluding ortho intramolecular Hbond substituents is 4. The van der Waals surface area contributed by atoms with Crippen LogP contribution in [-0.2, 0) is 11.2 Å². The van der Waals surface area contributed by atoms with E-state index in [0.717, 1.165) is 0 Å². The van der Waals surface area contributed by atoms with Crippen molar-refractivity contribution in [1.82, 2.24) is 5.32 Å². The Bertz CT molecular complexity index is 927. The molecule has 142 valence electrons. The summed E-state index contributed by atoms with van der Waals surface area (Å²) in [4.78, 5) is 11.5. The van der Waals surface area contributed by atoms with E-state index in [9.17, 15) is 30.3 Å². The zero-order valence-electron chi connectivity index (χ0n) is 14.2. The van der Waals surface area contributed by atoms with Gasteiger partial charge in [0.05, 0.1) is 17.7 Å². The first-order valence-electron chi connectivity index (χ1n) is 8.58. The molecule has 2 aromatic carbocycles. The van der Waals surface area contributed by atoms with Crippen LogP contribution in [0, 0.1) is 0 Å². The van der Waals surface area contributed by atoms with Gasteiger partial charge < -0.3 is 35.6 Å². The number of aromatic hydroxyl groups is 4. The minimum Gasteiger partial charge on any atom is -0.507 e. The number of benzene rings is 2. The molecular weight excluding hydrogens is 354 g/mol. The number of fused-ring (bicyclic) bond motifs is 1. The van der Waals surface area contributed by atoms with Gasteiger partial charge >= 0.3 is 0 Å². The molecule has 0 saturated carbocycles. The summed E-state index contributed by atoms with van der Waals surface area (Å²) in [6.07, 6.45) is -1.05. The number of phenols is 4. The smallest absolute Gasteiger partial charge is 0.220 e. The lowest BCUT2D eigenvalue weighted by atomic mass is 9.90. The quantitative estimate of drug-likeness (QED) is 0.438. The number of hydrogen-bond donors (Lipinski definition) is 6. The standard InChI is InChI=1S/C19H19NO7/c21-11-3-1-8(5-12(11)22)19-14(24)6-9-15(27-19)7-13(23)17(18(9)26)10-2-4-16(25)20-10/h1,3,5,7,10,14,19,21-24,26H,2,4,6H2,(H,20,25). The maximum atomic E-state index is 11.5. The largest absolute Gasteiger partial charge is 0.507 e. The van der Waals surface area contributed by atoms with E-state index in [1.54, 1.807) is 0 Å². The van der Waals surface area contributed by atoms with E-state index in [1.807, 2.05) is 0 Å². The number of ether oxygens (including phenoxy) is 1. The van der Waals surface area contributed by atoms with Gasteiger partial charge in [-0.2, -0.15) is 0 Å². The van der Waals surface area contributed by atoms with Gasteiger partial charge in [0, 0.05) is 24.5 Å². The van der Waals surface area contributed by atoms with Crippen LogP contribution in [0.15, 0.2) is 24.3 Å². The lowest BCUT2D eigenvalue weighted by Gasteiger charge is -2.32. The predicted molar refractivity (Wildman–Crippen MR) is 92.7 cm³/mol. The summed E-state index contributed by atoms with van der Waals surface area (Å²) in [6, 6.07) is 4.95. The Morgan fingerprint density at radius 3 is 2.48 bits per heavy atom. The Balaban J connectivity index is 1.70. The first-order valence-corrected chi connectivity index (χ1v) is 8.58. The van der Waals surface area contributed by atoms with Crippen molar-refractivity contribution in [2.45, 2.75) is 37.5 Å². The summed E-state index contributed by atoms with van der Waals surface area (Å²) in [7, 11) is 0. The average molecular weight is 373 g/mol. The molecule has 2 heterocycles. The highest BCUT2D eigenvalue weighted by atomic mass is 16.5. The van der Waals surface area contributed by atoms with E-state index < -0.39 is 18.2 Å². The predicted octanol–water partition coefficient (Wildman–Crippen LogP) is 1.50. The maximum absolute atomic E-state index is 11.5. The SMILES string of the molecule is O=C1CCC(c2c(O)cc3c(c2O)CC(O)C(c2ccc(O)c(O)c2)O3)N1. The molecule has 0 bridgehead atoms. The Labute approximate surface area is 154 Å². The van der Waals surface area contributed by atoms with Crippen LogP contribution in [0.25, 0.3) is 0 Å². The number of hydrogen-bond acceptors (Lipinski definition) is 7. The van der Waals surface area contributed by atoms with E-state index in [2.05, 4.69) is 5.32 Å². The number of aliphatic hydroxyl groups is 1. The van der Waals surface area contributed by atoms with Gasteiger partial charge in [-0.1, -0.05) is 6.07 Å². The lowest BCUT2D eigenvalue weighted by molar-refractivity contribution is -0.119. The maximum Gasteiger partial charge on any atom is 0.220 e. The van der Waals surface area contributed by atoms with E-state index in [1.165, 1.54) is 24.3 Å². The highest BCUT2D eigenvalue weighted by Gasteiger charge is 2.36. The van der Waals surface area contributed by atoms with Crippen LogP contribution >= 0.6 is 0 Å². The van der Waals surface area contributed by atoms with Gasteiger partial charge in [0.1, 0.15) is 23.4 Å². The molecule has 8 nitrogen and oxygen atoms in total. The molecule has 3 unspecified atom stereocenters. The number of aliphatic hydroxyl groups excluding tert-OH is 1. The van der Waals surface area contributed by atoms with Crippen molar-refractivity contribution in [1.29, 1.82) is 0 Å². The number of rotatable bonds is 2. The Morgan fingerprint density at radius 2 is 1.81 bits per heavy atom. The zero-order valence-corrected chi connectivity index (χ0v) is 14.2. The normalized spacial score (nSPS) is 24.2. The Hall–Kier alpha value is -3.13. The molecule has 1 amide bonds. The second-order valence-corrected chi connectivity index (χ2v) is 6.85. The van der Waals surface area contributed by atoms with Crippen molar-refractivity contribution in [2.24, 2.45) is 0 Å². The first-order chi connectivity index (χ1) is 12.8. The van der Waals surface area contributed by atoms with Crippen molar-refractivity contribution in [3.63, 3.8) is 0 Å².